The van der Waals surface area contributed by atoms with E-state index in [9.17, 15) is 0 Å². The molecule has 0 spiro atoms. The largest absolute Gasteiger partial charge is 0.309 e. The third-order valence-electron chi connectivity index (χ3n) is 10.7. The minimum absolute atomic E-state index is 0.0962. The number of benzene rings is 7. The van der Waals surface area contributed by atoms with Gasteiger partial charge in [0.15, 0.2) is 0 Å². The van der Waals surface area contributed by atoms with E-state index < -0.39 is 0 Å². The number of rotatable bonds is 3. The lowest BCUT2D eigenvalue weighted by molar-refractivity contribution is 0.660. The summed E-state index contributed by atoms with van der Waals surface area (Å²) in [6.45, 7) is 9.36. The zero-order valence-corrected chi connectivity index (χ0v) is 26.9. The molecular weight excluding hydrogens is 555 g/mol. The summed E-state index contributed by atoms with van der Waals surface area (Å²) in [7, 11) is 0. The molecule has 2 aliphatic carbocycles. The van der Waals surface area contributed by atoms with Gasteiger partial charge in [-0.25, -0.2) is 0 Å². The summed E-state index contributed by atoms with van der Waals surface area (Å²) in [4.78, 5) is 2.56. The van der Waals surface area contributed by atoms with E-state index in [1.165, 1.54) is 88.3 Å². The number of allylic oxidation sites excluding steroid dienone is 1. The Balaban J connectivity index is 1.39. The van der Waals surface area contributed by atoms with Gasteiger partial charge >= 0.3 is 0 Å². The van der Waals surface area contributed by atoms with Crippen molar-refractivity contribution < 1.29 is 0 Å². The van der Waals surface area contributed by atoms with Gasteiger partial charge in [0, 0.05) is 22.1 Å². The zero-order valence-electron chi connectivity index (χ0n) is 26.9. The Morgan fingerprint density at radius 2 is 1.22 bits per heavy atom. The second-order valence-electron chi connectivity index (χ2n) is 13.9. The van der Waals surface area contributed by atoms with Gasteiger partial charge in [-0.2, -0.15) is 0 Å². The fourth-order valence-electron chi connectivity index (χ4n) is 8.38. The molecule has 1 nitrogen and oxygen atoms in total. The van der Waals surface area contributed by atoms with Crippen LogP contribution in [0.2, 0.25) is 0 Å². The van der Waals surface area contributed by atoms with Gasteiger partial charge in [0.05, 0.1) is 11.4 Å². The molecule has 1 heteroatoms. The molecule has 0 saturated heterocycles. The van der Waals surface area contributed by atoms with Crippen LogP contribution < -0.4 is 4.90 Å². The van der Waals surface area contributed by atoms with Crippen molar-refractivity contribution in [2.75, 3.05) is 4.90 Å². The number of nitrogens with zero attached hydrogens (tertiary/aromatic N) is 1. The van der Waals surface area contributed by atoms with Crippen LogP contribution in [0.4, 0.5) is 17.1 Å². The molecule has 0 radical (unpaired) electrons. The lowest BCUT2D eigenvalue weighted by Gasteiger charge is -2.33. The van der Waals surface area contributed by atoms with Crippen molar-refractivity contribution in [1.82, 2.24) is 0 Å². The molecule has 0 amide bonds. The summed E-state index contributed by atoms with van der Waals surface area (Å²) in [5.41, 5.74) is 13.2. The van der Waals surface area contributed by atoms with Gasteiger partial charge in [-0.05, 0) is 98.3 Å². The van der Waals surface area contributed by atoms with Crippen molar-refractivity contribution in [2.45, 2.75) is 45.4 Å². The molecule has 0 aromatic heterocycles. The highest BCUT2D eigenvalue weighted by atomic mass is 15.1. The van der Waals surface area contributed by atoms with E-state index in [0.717, 1.165) is 6.42 Å². The molecule has 0 bridgehead atoms. The maximum Gasteiger partial charge on any atom is 0.0546 e. The summed E-state index contributed by atoms with van der Waals surface area (Å²) in [6.07, 6.45) is 5.81. The average molecular weight is 592 g/mol. The SMILES string of the molecule is Cc1ccc2c(c1)C(C)(C)c1cc(N(c3cc4ccccc4c4c3C=CCC4C)c3cc4ccccc4c4ccccc34)ccc1-2. The number of fused-ring (bicyclic) bond motifs is 9. The quantitative estimate of drug-likeness (QED) is 0.185. The highest BCUT2D eigenvalue weighted by Gasteiger charge is 2.36. The Kier molecular flexibility index (Phi) is 5.87. The molecule has 222 valence electrons. The molecule has 0 heterocycles. The van der Waals surface area contributed by atoms with E-state index in [4.69, 9.17) is 0 Å². The first-order valence-corrected chi connectivity index (χ1v) is 16.6. The second-order valence-corrected chi connectivity index (χ2v) is 13.9. The Morgan fingerprint density at radius 3 is 2.00 bits per heavy atom. The maximum absolute atomic E-state index is 2.56. The fourth-order valence-corrected chi connectivity index (χ4v) is 8.38. The molecule has 7 aromatic carbocycles. The zero-order chi connectivity index (χ0) is 31.2. The molecule has 0 saturated carbocycles. The molecule has 0 aliphatic heterocycles. The first-order valence-electron chi connectivity index (χ1n) is 16.6. The predicted molar refractivity (Wildman–Crippen MR) is 198 cm³/mol. The van der Waals surface area contributed by atoms with E-state index in [1.807, 2.05) is 0 Å². The molecule has 0 N–H and O–H groups in total. The van der Waals surface area contributed by atoms with Gasteiger partial charge in [-0.1, -0.05) is 136 Å². The van der Waals surface area contributed by atoms with Crippen LogP contribution in [0.3, 0.4) is 0 Å². The first kappa shape index (κ1) is 27.2. The standard InChI is InChI=1S/C45H37N/c1-28-20-22-36-37-23-21-32(27-41(37)45(3,4)40(36)24-28)46(42-25-30-13-5-7-15-33(30)35-17-9-10-18-38(35)42)43-26-31-14-6-8-16-34(31)44-29(2)12-11-19-39(43)44/h5-11,13-27,29H,12H2,1-4H3. The summed E-state index contributed by atoms with van der Waals surface area (Å²) >= 11 is 0. The number of aryl methyl sites for hydroxylation is 1. The van der Waals surface area contributed by atoms with Crippen molar-refractivity contribution in [1.29, 1.82) is 0 Å². The monoisotopic (exact) mass is 591 g/mol. The van der Waals surface area contributed by atoms with Crippen molar-refractivity contribution >= 4 is 55.5 Å². The van der Waals surface area contributed by atoms with Crippen LogP contribution in [0.5, 0.6) is 0 Å². The molecule has 9 rings (SSSR count). The van der Waals surface area contributed by atoms with Crippen LogP contribution in [0.25, 0.3) is 49.5 Å². The van der Waals surface area contributed by atoms with Gasteiger partial charge < -0.3 is 4.90 Å². The predicted octanol–water partition coefficient (Wildman–Crippen LogP) is 12.8. The lowest BCUT2D eigenvalue weighted by atomic mass is 9.81. The van der Waals surface area contributed by atoms with Gasteiger partial charge in [0.2, 0.25) is 0 Å². The topological polar surface area (TPSA) is 3.24 Å². The maximum atomic E-state index is 2.56. The number of hydrogen-bond donors (Lipinski definition) is 0. The molecule has 2 aliphatic rings. The van der Waals surface area contributed by atoms with E-state index in [-0.39, 0.29) is 5.41 Å². The van der Waals surface area contributed by atoms with Gasteiger partial charge in [-0.3, -0.25) is 0 Å². The number of hydrogen-bond acceptors (Lipinski definition) is 1. The summed E-state index contributed by atoms with van der Waals surface area (Å²) in [5.74, 6) is 0.441. The smallest absolute Gasteiger partial charge is 0.0546 e. The van der Waals surface area contributed by atoms with Crippen LogP contribution in [-0.4, -0.2) is 0 Å². The van der Waals surface area contributed by atoms with Crippen LogP contribution >= 0.6 is 0 Å². The molecule has 46 heavy (non-hydrogen) atoms. The van der Waals surface area contributed by atoms with E-state index in [0.29, 0.717) is 5.92 Å². The third-order valence-corrected chi connectivity index (χ3v) is 10.7. The van der Waals surface area contributed by atoms with E-state index in [1.54, 1.807) is 0 Å². The minimum atomic E-state index is -0.0962. The van der Waals surface area contributed by atoms with E-state index in [2.05, 4.69) is 166 Å². The Labute approximate surface area is 271 Å². The first-order chi connectivity index (χ1) is 22.4. The van der Waals surface area contributed by atoms with Crippen molar-refractivity contribution in [2.24, 2.45) is 0 Å². The number of anilines is 3. The fraction of sp³-hybridized carbons (Fsp3) is 0.156. The molecule has 7 aromatic rings. The Morgan fingerprint density at radius 1 is 0.609 bits per heavy atom. The van der Waals surface area contributed by atoms with Crippen molar-refractivity contribution in [3.63, 3.8) is 0 Å². The van der Waals surface area contributed by atoms with Crippen molar-refractivity contribution in [3.8, 4) is 11.1 Å². The van der Waals surface area contributed by atoms with Gasteiger partial charge in [0.1, 0.15) is 0 Å². The second kappa shape index (κ2) is 9.93. The summed E-state index contributed by atoms with van der Waals surface area (Å²) in [6, 6.07) is 45.7. The average Bonchev–Trinajstić information content (AvgIpc) is 3.30. The summed E-state index contributed by atoms with van der Waals surface area (Å²) in [5, 5.41) is 7.74. The van der Waals surface area contributed by atoms with Crippen molar-refractivity contribution in [3.05, 3.63) is 155 Å². The molecular formula is C45H37N. The Bertz CT molecular complexity index is 2410. The van der Waals surface area contributed by atoms with E-state index >= 15 is 0 Å². The van der Waals surface area contributed by atoms with Gasteiger partial charge in [-0.15, -0.1) is 0 Å². The summed E-state index contributed by atoms with van der Waals surface area (Å²) < 4.78 is 0. The van der Waals surface area contributed by atoms with Crippen LogP contribution in [0.1, 0.15) is 60.9 Å². The third kappa shape index (κ3) is 3.88. The van der Waals surface area contributed by atoms with Crippen LogP contribution in [-0.2, 0) is 5.41 Å². The van der Waals surface area contributed by atoms with Gasteiger partial charge in [0.25, 0.3) is 0 Å². The normalized spacial score (nSPS) is 16.0. The minimum Gasteiger partial charge on any atom is -0.309 e. The van der Waals surface area contributed by atoms with Crippen LogP contribution in [0, 0.1) is 6.92 Å². The molecule has 0 fully saturated rings. The Hall–Kier alpha value is -5.14. The highest BCUT2D eigenvalue weighted by Crippen LogP contribution is 2.53. The molecule has 1 unspecified atom stereocenters. The van der Waals surface area contributed by atoms with Crippen LogP contribution in [0.15, 0.2) is 127 Å². The molecule has 1 atom stereocenters. The lowest BCUT2D eigenvalue weighted by Crippen LogP contribution is -2.18. The highest BCUT2D eigenvalue weighted by molar-refractivity contribution is 6.15.